The Labute approximate surface area is 123 Å². The smallest absolute Gasteiger partial charge is 0.155 e. The zero-order valence-electron chi connectivity index (χ0n) is 11.6. The average molecular weight is 276 g/mol. The Morgan fingerprint density at radius 1 is 0.952 bits per heavy atom. The van der Waals surface area contributed by atoms with E-state index in [0.717, 1.165) is 5.82 Å². The molecule has 0 unspecified atom stereocenters. The largest absolute Gasteiger partial charge is 0.384 e. The summed E-state index contributed by atoms with van der Waals surface area (Å²) in [7, 11) is 0. The van der Waals surface area contributed by atoms with Crippen LogP contribution in [0, 0.1) is 0 Å². The molecule has 4 rings (SSSR count). The number of aromatic nitrogens is 3. The first-order chi connectivity index (χ1) is 10.3. The molecule has 1 aliphatic carbocycles. The SMILES string of the molecule is Nc1ccnn1-c1ccc(C2(c3ccccc3)CC2)cn1. The van der Waals surface area contributed by atoms with Gasteiger partial charge in [-0.2, -0.15) is 9.78 Å². The lowest BCUT2D eigenvalue weighted by Crippen LogP contribution is -2.10. The molecule has 2 heterocycles. The van der Waals surface area contributed by atoms with Crippen LogP contribution < -0.4 is 5.73 Å². The second-order valence-corrected chi connectivity index (χ2v) is 5.52. The van der Waals surface area contributed by atoms with E-state index in [1.807, 2.05) is 12.3 Å². The van der Waals surface area contributed by atoms with Crippen molar-refractivity contribution in [2.24, 2.45) is 0 Å². The van der Waals surface area contributed by atoms with Gasteiger partial charge in [0.15, 0.2) is 5.82 Å². The summed E-state index contributed by atoms with van der Waals surface area (Å²) in [6, 6.07) is 16.6. The monoisotopic (exact) mass is 276 g/mol. The quantitative estimate of drug-likeness (QED) is 0.800. The fourth-order valence-electron chi connectivity index (χ4n) is 2.93. The van der Waals surface area contributed by atoms with Crippen molar-refractivity contribution in [2.75, 3.05) is 5.73 Å². The molecular weight excluding hydrogens is 260 g/mol. The van der Waals surface area contributed by atoms with Crippen molar-refractivity contribution in [3.8, 4) is 5.82 Å². The fourth-order valence-corrected chi connectivity index (χ4v) is 2.93. The Kier molecular flexibility index (Phi) is 2.57. The van der Waals surface area contributed by atoms with Gasteiger partial charge >= 0.3 is 0 Å². The van der Waals surface area contributed by atoms with Gasteiger partial charge in [0.2, 0.25) is 0 Å². The topological polar surface area (TPSA) is 56.7 Å². The lowest BCUT2D eigenvalue weighted by molar-refractivity contribution is 0.817. The van der Waals surface area contributed by atoms with Crippen molar-refractivity contribution < 1.29 is 0 Å². The van der Waals surface area contributed by atoms with E-state index in [1.165, 1.54) is 24.0 Å². The molecule has 3 aromatic rings. The maximum atomic E-state index is 5.86. The molecule has 0 aliphatic heterocycles. The van der Waals surface area contributed by atoms with Gasteiger partial charge in [-0.1, -0.05) is 36.4 Å². The Hall–Kier alpha value is -2.62. The van der Waals surface area contributed by atoms with Crippen LogP contribution in [0.1, 0.15) is 24.0 Å². The van der Waals surface area contributed by atoms with Gasteiger partial charge in [-0.3, -0.25) is 0 Å². The van der Waals surface area contributed by atoms with Crippen LogP contribution in [0.5, 0.6) is 0 Å². The van der Waals surface area contributed by atoms with Crippen LogP contribution in [0.2, 0.25) is 0 Å². The summed E-state index contributed by atoms with van der Waals surface area (Å²) in [5.41, 5.74) is 8.66. The van der Waals surface area contributed by atoms with Crippen LogP contribution >= 0.6 is 0 Å². The number of nitrogen functional groups attached to an aromatic ring is 1. The van der Waals surface area contributed by atoms with Crippen LogP contribution in [-0.2, 0) is 5.41 Å². The van der Waals surface area contributed by atoms with Gasteiger partial charge in [-0.25, -0.2) is 4.98 Å². The molecule has 4 nitrogen and oxygen atoms in total. The van der Waals surface area contributed by atoms with E-state index in [4.69, 9.17) is 5.73 Å². The minimum atomic E-state index is 0.155. The maximum Gasteiger partial charge on any atom is 0.155 e. The second-order valence-electron chi connectivity index (χ2n) is 5.52. The zero-order chi connectivity index (χ0) is 14.3. The highest BCUT2D eigenvalue weighted by molar-refractivity contribution is 5.46. The Morgan fingerprint density at radius 2 is 1.76 bits per heavy atom. The zero-order valence-corrected chi connectivity index (χ0v) is 11.6. The van der Waals surface area contributed by atoms with Gasteiger partial charge in [0, 0.05) is 17.7 Å². The fraction of sp³-hybridized carbons (Fsp3) is 0.176. The molecule has 21 heavy (non-hydrogen) atoms. The van der Waals surface area contributed by atoms with Gasteiger partial charge in [-0.15, -0.1) is 0 Å². The summed E-state index contributed by atoms with van der Waals surface area (Å²) in [6.07, 6.45) is 6.00. The summed E-state index contributed by atoms with van der Waals surface area (Å²) in [5, 5.41) is 4.18. The number of pyridine rings is 1. The summed E-state index contributed by atoms with van der Waals surface area (Å²) in [6.45, 7) is 0. The summed E-state index contributed by atoms with van der Waals surface area (Å²) in [5.74, 6) is 1.35. The van der Waals surface area contributed by atoms with Crippen molar-refractivity contribution in [1.82, 2.24) is 14.8 Å². The molecule has 2 N–H and O–H groups in total. The standard InChI is InChI=1S/C17H16N4/c18-15-8-11-20-21(15)16-7-6-14(12-19-16)17(9-10-17)13-4-2-1-3-5-13/h1-8,11-12H,9-10,18H2. The molecule has 0 atom stereocenters. The predicted molar refractivity (Wildman–Crippen MR) is 82.2 cm³/mol. The number of hydrogen-bond acceptors (Lipinski definition) is 3. The minimum Gasteiger partial charge on any atom is -0.384 e. The lowest BCUT2D eigenvalue weighted by atomic mass is 9.89. The Balaban J connectivity index is 1.70. The molecule has 4 heteroatoms. The van der Waals surface area contributed by atoms with E-state index >= 15 is 0 Å². The predicted octanol–water partition coefficient (Wildman–Crippen LogP) is 2.93. The molecule has 1 saturated carbocycles. The van der Waals surface area contributed by atoms with Gasteiger partial charge in [0.05, 0.1) is 6.20 Å². The maximum absolute atomic E-state index is 5.86. The number of nitrogens with zero attached hydrogens (tertiary/aromatic N) is 3. The molecule has 0 amide bonds. The van der Waals surface area contributed by atoms with E-state index < -0.39 is 0 Å². The molecule has 0 bridgehead atoms. The van der Waals surface area contributed by atoms with Gasteiger partial charge < -0.3 is 5.73 Å². The van der Waals surface area contributed by atoms with Crippen LogP contribution in [0.3, 0.4) is 0 Å². The first-order valence-corrected chi connectivity index (χ1v) is 7.12. The van der Waals surface area contributed by atoms with Crippen LogP contribution in [0.15, 0.2) is 60.9 Å². The number of rotatable bonds is 3. The first-order valence-electron chi connectivity index (χ1n) is 7.12. The minimum absolute atomic E-state index is 0.155. The lowest BCUT2D eigenvalue weighted by Gasteiger charge is -2.16. The summed E-state index contributed by atoms with van der Waals surface area (Å²) >= 11 is 0. The number of nitrogens with two attached hydrogens (primary N) is 1. The average Bonchev–Trinajstić information content (AvgIpc) is 3.25. The summed E-state index contributed by atoms with van der Waals surface area (Å²) in [4.78, 5) is 4.53. The van der Waals surface area contributed by atoms with Gasteiger partial charge in [0.25, 0.3) is 0 Å². The van der Waals surface area contributed by atoms with Crippen molar-refractivity contribution >= 4 is 5.82 Å². The molecule has 104 valence electrons. The van der Waals surface area contributed by atoms with Gasteiger partial charge in [0.1, 0.15) is 5.82 Å². The highest BCUT2D eigenvalue weighted by Crippen LogP contribution is 2.53. The van der Waals surface area contributed by atoms with Crippen LogP contribution in [0.4, 0.5) is 5.82 Å². The highest BCUT2D eigenvalue weighted by atomic mass is 15.3. The van der Waals surface area contributed by atoms with Crippen molar-refractivity contribution in [2.45, 2.75) is 18.3 Å². The van der Waals surface area contributed by atoms with E-state index in [2.05, 4.69) is 46.5 Å². The summed E-state index contributed by atoms with van der Waals surface area (Å²) < 4.78 is 1.64. The van der Waals surface area contributed by atoms with E-state index in [0.29, 0.717) is 5.82 Å². The third-order valence-electron chi connectivity index (χ3n) is 4.27. The molecule has 1 aliphatic rings. The molecule has 0 radical (unpaired) electrons. The third-order valence-corrected chi connectivity index (χ3v) is 4.27. The Morgan fingerprint density at radius 3 is 2.33 bits per heavy atom. The third kappa shape index (κ3) is 1.91. The van der Waals surface area contributed by atoms with Crippen LogP contribution in [-0.4, -0.2) is 14.8 Å². The molecule has 0 saturated heterocycles. The number of anilines is 1. The van der Waals surface area contributed by atoms with E-state index in [1.54, 1.807) is 16.9 Å². The van der Waals surface area contributed by atoms with Crippen LogP contribution in [0.25, 0.3) is 5.82 Å². The number of hydrogen-bond donors (Lipinski definition) is 1. The van der Waals surface area contributed by atoms with E-state index in [9.17, 15) is 0 Å². The van der Waals surface area contributed by atoms with Crippen molar-refractivity contribution in [1.29, 1.82) is 0 Å². The van der Waals surface area contributed by atoms with Crippen molar-refractivity contribution in [3.63, 3.8) is 0 Å². The second kappa shape index (κ2) is 4.45. The highest BCUT2D eigenvalue weighted by Gasteiger charge is 2.45. The number of benzene rings is 1. The molecule has 1 fully saturated rings. The molecule has 1 aromatic carbocycles. The normalized spacial score (nSPS) is 15.8. The Bertz CT molecular complexity index is 755. The van der Waals surface area contributed by atoms with Gasteiger partial charge in [-0.05, 0) is 30.0 Å². The molecular formula is C17H16N4. The van der Waals surface area contributed by atoms with Crippen molar-refractivity contribution in [3.05, 3.63) is 72.1 Å². The van der Waals surface area contributed by atoms with E-state index in [-0.39, 0.29) is 5.41 Å². The molecule has 2 aromatic heterocycles. The molecule has 0 spiro atoms. The first kappa shape index (κ1) is 12.1.